The van der Waals surface area contributed by atoms with Gasteiger partial charge < -0.3 is 8.98 Å². The number of nitrogens with zero attached hydrogens (tertiary/aromatic N) is 4. The van der Waals surface area contributed by atoms with E-state index in [-0.39, 0.29) is 0 Å². The van der Waals surface area contributed by atoms with Crippen LogP contribution in [0, 0.1) is 0 Å². The summed E-state index contributed by atoms with van der Waals surface area (Å²) >= 11 is 0. The molecular formula is C55H34N4O. The molecule has 3 heterocycles. The molecule has 0 amide bonds. The Morgan fingerprint density at radius 3 is 1.75 bits per heavy atom. The van der Waals surface area contributed by atoms with Crippen molar-refractivity contribution in [1.82, 2.24) is 19.5 Å². The van der Waals surface area contributed by atoms with E-state index in [2.05, 4.69) is 150 Å². The van der Waals surface area contributed by atoms with Crippen LogP contribution in [-0.2, 0) is 0 Å². The Bertz CT molecular complexity index is 3550. The van der Waals surface area contributed by atoms with Crippen LogP contribution in [0.5, 0.6) is 0 Å². The van der Waals surface area contributed by atoms with Crippen LogP contribution < -0.4 is 0 Å². The number of rotatable bonds is 6. The lowest BCUT2D eigenvalue weighted by Gasteiger charge is -2.13. The normalized spacial score (nSPS) is 11.7. The Kier molecular flexibility index (Phi) is 7.78. The Labute approximate surface area is 345 Å². The van der Waals surface area contributed by atoms with E-state index in [0.29, 0.717) is 17.5 Å². The Morgan fingerprint density at radius 2 is 0.950 bits per heavy atom. The summed E-state index contributed by atoms with van der Waals surface area (Å²) in [6, 6.07) is 72.3. The van der Waals surface area contributed by atoms with E-state index in [9.17, 15) is 0 Å². The fraction of sp³-hybridized carbons (Fsp3) is 0. The van der Waals surface area contributed by atoms with Crippen LogP contribution in [-0.4, -0.2) is 19.5 Å². The van der Waals surface area contributed by atoms with Gasteiger partial charge in [0.25, 0.3) is 0 Å². The van der Waals surface area contributed by atoms with Crippen LogP contribution in [0.15, 0.2) is 211 Å². The number of furan rings is 1. The number of hydrogen-bond acceptors (Lipinski definition) is 4. The van der Waals surface area contributed by atoms with Crippen LogP contribution in [0.4, 0.5) is 0 Å². The smallest absolute Gasteiger partial charge is 0.164 e. The van der Waals surface area contributed by atoms with Gasteiger partial charge in [-0.2, -0.15) is 0 Å². The minimum Gasteiger partial charge on any atom is -0.456 e. The summed E-state index contributed by atoms with van der Waals surface area (Å²) in [4.78, 5) is 15.0. The molecule has 0 aliphatic carbocycles. The van der Waals surface area contributed by atoms with E-state index in [1.54, 1.807) is 0 Å². The van der Waals surface area contributed by atoms with Gasteiger partial charge in [0, 0.05) is 49.5 Å². The first kappa shape index (κ1) is 33.9. The van der Waals surface area contributed by atoms with Crippen LogP contribution >= 0.6 is 0 Å². The van der Waals surface area contributed by atoms with Gasteiger partial charge in [-0.25, -0.2) is 15.0 Å². The molecule has 0 aliphatic heterocycles. The second-order valence-electron chi connectivity index (χ2n) is 15.2. The molecule has 0 saturated heterocycles. The van der Waals surface area contributed by atoms with Crippen molar-refractivity contribution in [3.05, 3.63) is 206 Å². The molecule has 5 nitrogen and oxygen atoms in total. The number of hydrogen-bond donors (Lipinski definition) is 0. The third kappa shape index (κ3) is 5.67. The van der Waals surface area contributed by atoms with E-state index >= 15 is 0 Å². The van der Waals surface area contributed by atoms with Gasteiger partial charge in [-0.1, -0.05) is 158 Å². The highest BCUT2D eigenvalue weighted by Gasteiger charge is 2.19. The highest BCUT2D eigenvalue weighted by molar-refractivity contribution is 6.15. The first-order chi connectivity index (χ1) is 29.7. The lowest BCUT2D eigenvalue weighted by atomic mass is 9.98. The van der Waals surface area contributed by atoms with Crippen molar-refractivity contribution in [2.24, 2.45) is 0 Å². The molecule has 0 saturated carbocycles. The summed E-state index contributed by atoms with van der Waals surface area (Å²) in [6.45, 7) is 0. The van der Waals surface area contributed by atoms with Crippen molar-refractivity contribution in [2.45, 2.75) is 0 Å². The van der Waals surface area contributed by atoms with Crippen LogP contribution in [0.3, 0.4) is 0 Å². The third-order valence-electron chi connectivity index (χ3n) is 11.6. The molecule has 5 heteroatoms. The van der Waals surface area contributed by atoms with E-state index in [4.69, 9.17) is 19.4 Å². The van der Waals surface area contributed by atoms with Crippen molar-refractivity contribution in [3.8, 4) is 62.1 Å². The Morgan fingerprint density at radius 1 is 0.333 bits per heavy atom. The molecule has 0 bridgehead atoms. The van der Waals surface area contributed by atoms with E-state index in [1.165, 1.54) is 32.7 Å². The zero-order valence-corrected chi connectivity index (χ0v) is 32.3. The van der Waals surface area contributed by atoms with Gasteiger partial charge in [0.05, 0.1) is 11.0 Å². The highest BCUT2D eigenvalue weighted by atomic mass is 16.3. The van der Waals surface area contributed by atoms with Gasteiger partial charge in [-0.15, -0.1) is 0 Å². The van der Waals surface area contributed by atoms with E-state index in [1.807, 2.05) is 60.7 Å². The number of para-hydroxylation sites is 2. The van der Waals surface area contributed by atoms with Gasteiger partial charge in [0.15, 0.2) is 17.5 Å². The van der Waals surface area contributed by atoms with Crippen molar-refractivity contribution in [3.63, 3.8) is 0 Å². The molecule has 0 unspecified atom stereocenters. The molecule has 12 aromatic rings. The minimum absolute atomic E-state index is 0.615. The topological polar surface area (TPSA) is 56.7 Å². The molecule has 0 spiro atoms. The maximum absolute atomic E-state index is 6.58. The largest absolute Gasteiger partial charge is 0.456 e. The van der Waals surface area contributed by atoms with E-state index in [0.717, 1.165) is 66.5 Å². The summed E-state index contributed by atoms with van der Waals surface area (Å²) in [5.41, 5.74) is 12.3. The third-order valence-corrected chi connectivity index (χ3v) is 11.6. The standard InChI is InChI=1S/C55H34N4O/c1-3-14-36(15-4-1)53-56-54(37-16-5-2-6-17-37)58-55(57-53)42-19-11-20-43(32-42)59-49-24-10-9-21-45(49)47-23-12-22-44(52(47)59)41-27-29-46-48-33-40(28-30-50(48)60-51(46)34-41)39-26-25-35-13-7-8-18-38(35)31-39/h1-34H. The van der Waals surface area contributed by atoms with Crippen molar-refractivity contribution >= 4 is 54.5 Å². The molecule has 12 rings (SSSR count). The molecule has 9 aromatic carbocycles. The molecular weight excluding hydrogens is 733 g/mol. The molecule has 0 fully saturated rings. The minimum atomic E-state index is 0.615. The van der Waals surface area contributed by atoms with Crippen LogP contribution in [0.1, 0.15) is 0 Å². The molecule has 280 valence electrons. The average molecular weight is 767 g/mol. The lowest BCUT2D eigenvalue weighted by Crippen LogP contribution is -2.01. The quantitative estimate of drug-likeness (QED) is 0.169. The van der Waals surface area contributed by atoms with E-state index < -0.39 is 0 Å². The maximum Gasteiger partial charge on any atom is 0.164 e. The fourth-order valence-corrected chi connectivity index (χ4v) is 8.73. The van der Waals surface area contributed by atoms with Crippen LogP contribution in [0.2, 0.25) is 0 Å². The fourth-order valence-electron chi connectivity index (χ4n) is 8.73. The highest BCUT2D eigenvalue weighted by Crippen LogP contribution is 2.41. The zero-order valence-electron chi connectivity index (χ0n) is 32.3. The summed E-state index contributed by atoms with van der Waals surface area (Å²) in [5.74, 6) is 1.88. The summed E-state index contributed by atoms with van der Waals surface area (Å²) in [5, 5.41) is 7.03. The number of aromatic nitrogens is 4. The van der Waals surface area contributed by atoms with Crippen LogP contribution in [0.25, 0.3) is 117 Å². The van der Waals surface area contributed by atoms with Gasteiger partial charge in [-0.3, -0.25) is 0 Å². The number of fused-ring (bicyclic) bond motifs is 7. The molecule has 60 heavy (non-hydrogen) atoms. The monoisotopic (exact) mass is 766 g/mol. The van der Waals surface area contributed by atoms with Gasteiger partial charge >= 0.3 is 0 Å². The second-order valence-corrected chi connectivity index (χ2v) is 15.2. The van der Waals surface area contributed by atoms with Gasteiger partial charge in [-0.05, 0) is 76.0 Å². The first-order valence-electron chi connectivity index (χ1n) is 20.2. The van der Waals surface area contributed by atoms with Crippen molar-refractivity contribution in [2.75, 3.05) is 0 Å². The van der Waals surface area contributed by atoms with Crippen molar-refractivity contribution < 1.29 is 4.42 Å². The van der Waals surface area contributed by atoms with Gasteiger partial charge in [0.1, 0.15) is 11.2 Å². The molecule has 0 aliphatic rings. The zero-order chi connectivity index (χ0) is 39.6. The molecule has 3 aromatic heterocycles. The molecule has 0 radical (unpaired) electrons. The Balaban J connectivity index is 1.00. The predicted octanol–water partition coefficient (Wildman–Crippen LogP) is 14.4. The number of benzene rings is 9. The lowest BCUT2D eigenvalue weighted by molar-refractivity contribution is 0.669. The molecule has 0 atom stereocenters. The Hall–Kier alpha value is -8.15. The van der Waals surface area contributed by atoms with Crippen molar-refractivity contribution in [1.29, 1.82) is 0 Å². The summed E-state index contributed by atoms with van der Waals surface area (Å²) < 4.78 is 8.96. The second kappa shape index (κ2) is 13.8. The summed E-state index contributed by atoms with van der Waals surface area (Å²) in [6.07, 6.45) is 0. The maximum atomic E-state index is 6.58. The predicted molar refractivity (Wildman–Crippen MR) is 246 cm³/mol. The van der Waals surface area contributed by atoms with Gasteiger partial charge in [0.2, 0.25) is 0 Å². The first-order valence-corrected chi connectivity index (χ1v) is 20.2. The SMILES string of the molecule is c1ccc(-c2nc(-c3ccccc3)nc(-c3cccc(-n4c5ccccc5c5cccc(-c6ccc7c(c6)oc6ccc(-c8ccc9ccccc9c8)cc67)c54)c3)n2)cc1. The summed E-state index contributed by atoms with van der Waals surface area (Å²) in [7, 11) is 0. The average Bonchev–Trinajstić information content (AvgIpc) is 3.87. The molecule has 0 N–H and O–H groups in total.